The van der Waals surface area contributed by atoms with E-state index >= 15 is 0 Å². The molecule has 5 heteroatoms. The van der Waals surface area contributed by atoms with Crippen LogP contribution in [0.2, 0.25) is 25.2 Å². The Balaban J connectivity index is 1.79. The van der Waals surface area contributed by atoms with Crippen LogP contribution in [-0.2, 0) is 17.8 Å². The van der Waals surface area contributed by atoms with Crippen LogP contribution in [0.15, 0.2) is 73.3 Å². The Bertz CT molecular complexity index is 825. The Labute approximate surface area is 181 Å². The first-order valence-electron chi connectivity index (χ1n) is 10.7. The van der Waals surface area contributed by atoms with Gasteiger partial charge in [0.25, 0.3) is 0 Å². The molecule has 1 aliphatic rings. The molecule has 0 saturated carbocycles. The molecule has 160 valence electrons. The number of carbonyl (C=O) groups is 1. The van der Waals surface area contributed by atoms with Crippen LogP contribution in [0.1, 0.15) is 17.5 Å². The van der Waals surface area contributed by atoms with Gasteiger partial charge in [-0.2, -0.15) is 0 Å². The molecule has 1 N–H and O–H groups in total. The Hall–Kier alpha value is -2.37. The molecule has 1 amide bonds. The number of aliphatic hydroxyl groups is 1. The normalized spacial score (nSPS) is 21.4. The summed E-state index contributed by atoms with van der Waals surface area (Å²) < 4.78 is 5.70. The summed E-state index contributed by atoms with van der Waals surface area (Å²) in [5.74, 6) is 0. The fourth-order valence-electron chi connectivity index (χ4n) is 4.47. The first-order valence-corrected chi connectivity index (χ1v) is 14.1. The van der Waals surface area contributed by atoms with Crippen LogP contribution >= 0.6 is 0 Å². The largest absolute Gasteiger partial charge is 0.445 e. The molecular formula is C25H33NO3Si. The SMILES string of the molecule is C=CC[Si](C)(C)C[C@@H]1C[C@H](O)[C@H](Cc2ccccc2)N1C(=O)OCc1ccccc1. The quantitative estimate of drug-likeness (QED) is 0.465. The third-order valence-corrected chi connectivity index (χ3v) is 8.87. The first-order chi connectivity index (χ1) is 14.4. The summed E-state index contributed by atoms with van der Waals surface area (Å²) in [6, 6.07) is 21.4. The fraction of sp³-hybridized carbons (Fsp3) is 0.400. The van der Waals surface area contributed by atoms with E-state index in [1.54, 1.807) is 0 Å². The highest BCUT2D eigenvalue weighted by Crippen LogP contribution is 2.34. The molecule has 1 heterocycles. The van der Waals surface area contributed by atoms with Gasteiger partial charge in [-0.15, -0.1) is 6.58 Å². The van der Waals surface area contributed by atoms with Crippen molar-refractivity contribution in [3.05, 3.63) is 84.4 Å². The number of ether oxygens (including phenoxy) is 1. The van der Waals surface area contributed by atoms with E-state index in [0.717, 1.165) is 23.2 Å². The van der Waals surface area contributed by atoms with Crippen molar-refractivity contribution in [1.29, 1.82) is 0 Å². The van der Waals surface area contributed by atoms with Crippen LogP contribution in [0.3, 0.4) is 0 Å². The van der Waals surface area contributed by atoms with Gasteiger partial charge in [0, 0.05) is 6.04 Å². The number of carbonyl (C=O) groups excluding carboxylic acids is 1. The van der Waals surface area contributed by atoms with Crippen LogP contribution < -0.4 is 0 Å². The lowest BCUT2D eigenvalue weighted by molar-refractivity contribution is 0.0643. The number of nitrogens with zero attached hydrogens (tertiary/aromatic N) is 1. The van der Waals surface area contributed by atoms with Crippen LogP contribution in [0.4, 0.5) is 4.79 Å². The molecule has 3 atom stereocenters. The Morgan fingerprint density at radius 1 is 1.13 bits per heavy atom. The van der Waals surface area contributed by atoms with Gasteiger partial charge in [0.2, 0.25) is 0 Å². The number of aliphatic hydroxyl groups excluding tert-OH is 1. The van der Waals surface area contributed by atoms with Gasteiger partial charge < -0.3 is 9.84 Å². The first kappa shape index (κ1) is 22.3. The maximum absolute atomic E-state index is 13.2. The van der Waals surface area contributed by atoms with E-state index in [1.807, 2.05) is 71.6 Å². The molecule has 3 rings (SSSR count). The van der Waals surface area contributed by atoms with Gasteiger partial charge in [0.05, 0.1) is 20.2 Å². The van der Waals surface area contributed by atoms with Crippen LogP contribution in [0.25, 0.3) is 0 Å². The molecule has 1 saturated heterocycles. The lowest BCUT2D eigenvalue weighted by atomic mass is 10.0. The van der Waals surface area contributed by atoms with Gasteiger partial charge in [-0.25, -0.2) is 4.79 Å². The van der Waals surface area contributed by atoms with E-state index in [1.165, 1.54) is 0 Å². The minimum absolute atomic E-state index is 0.00129. The molecule has 2 aromatic rings. The van der Waals surface area contributed by atoms with Crippen LogP contribution in [0.5, 0.6) is 0 Å². The molecule has 30 heavy (non-hydrogen) atoms. The zero-order chi connectivity index (χ0) is 21.6. The molecule has 0 bridgehead atoms. The second-order valence-electron chi connectivity index (χ2n) is 9.02. The van der Waals surface area contributed by atoms with Crippen molar-refractivity contribution in [1.82, 2.24) is 4.90 Å². The number of likely N-dealkylation sites (tertiary alicyclic amines) is 1. The van der Waals surface area contributed by atoms with E-state index < -0.39 is 14.2 Å². The maximum atomic E-state index is 13.2. The number of amides is 1. The lowest BCUT2D eigenvalue weighted by Crippen LogP contribution is -2.47. The Morgan fingerprint density at radius 3 is 2.33 bits per heavy atom. The molecule has 0 aliphatic carbocycles. The number of hydrogen-bond donors (Lipinski definition) is 1. The average Bonchev–Trinajstić information content (AvgIpc) is 3.01. The molecule has 0 aromatic heterocycles. The molecule has 0 spiro atoms. The molecule has 4 nitrogen and oxygen atoms in total. The molecule has 1 fully saturated rings. The van der Waals surface area contributed by atoms with Crippen molar-refractivity contribution in [2.75, 3.05) is 0 Å². The fourth-order valence-corrected chi connectivity index (χ4v) is 7.05. The summed E-state index contributed by atoms with van der Waals surface area (Å²) >= 11 is 0. The summed E-state index contributed by atoms with van der Waals surface area (Å²) in [5.41, 5.74) is 2.08. The number of allylic oxidation sites excluding steroid dienone is 1. The predicted octanol–water partition coefficient (Wildman–Crippen LogP) is 5.26. The topological polar surface area (TPSA) is 49.8 Å². The zero-order valence-corrected chi connectivity index (χ0v) is 19.0. The molecule has 0 unspecified atom stereocenters. The molecule has 1 aliphatic heterocycles. The van der Waals surface area contributed by atoms with Gasteiger partial charge in [0.1, 0.15) is 6.61 Å². The number of benzene rings is 2. The van der Waals surface area contributed by atoms with Gasteiger partial charge >= 0.3 is 6.09 Å². The van der Waals surface area contributed by atoms with E-state index in [9.17, 15) is 9.90 Å². The van der Waals surface area contributed by atoms with Crippen molar-refractivity contribution in [3.8, 4) is 0 Å². The summed E-state index contributed by atoms with van der Waals surface area (Å²) in [6.45, 7) is 8.78. The second-order valence-corrected chi connectivity index (χ2v) is 14.2. The third kappa shape index (κ3) is 5.83. The van der Waals surface area contributed by atoms with Gasteiger partial charge in [-0.3, -0.25) is 4.90 Å². The van der Waals surface area contributed by atoms with E-state index in [0.29, 0.717) is 12.8 Å². The highest BCUT2D eigenvalue weighted by molar-refractivity contribution is 6.77. The molecule has 2 aromatic carbocycles. The van der Waals surface area contributed by atoms with Crippen LogP contribution in [-0.4, -0.2) is 42.4 Å². The maximum Gasteiger partial charge on any atom is 0.410 e. The Kier molecular flexibility index (Phi) is 7.51. The van der Waals surface area contributed by atoms with Gasteiger partial charge in [-0.05, 0) is 36.1 Å². The number of rotatable bonds is 8. The smallest absolute Gasteiger partial charge is 0.410 e. The van der Waals surface area contributed by atoms with E-state index in [-0.39, 0.29) is 24.8 Å². The highest BCUT2D eigenvalue weighted by Gasteiger charge is 2.45. The van der Waals surface area contributed by atoms with E-state index in [4.69, 9.17) is 4.74 Å². The van der Waals surface area contributed by atoms with Crippen molar-refractivity contribution in [2.24, 2.45) is 0 Å². The minimum atomic E-state index is -1.57. The average molecular weight is 424 g/mol. The van der Waals surface area contributed by atoms with Crippen LogP contribution in [0, 0.1) is 0 Å². The third-order valence-electron chi connectivity index (χ3n) is 5.90. The zero-order valence-electron chi connectivity index (χ0n) is 18.0. The highest BCUT2D eigenvalue weighted by atomic mass is 28.3. The predicted molar refractivity (Wildman–Crippen MR) is 124 cm³/mol. The van der Waals surface area contributed by atoms with Crippen molar-refractivity contribution < 1.29 is 14.6 Å². The number of hydrogen-bond acceptors (Lipinski definition) is 3. The summed E-state index contributed by atoms with van der Waals surface area (Å²) in [6.07, 6.45) is 2.34. The Morgan fingerprint density at radius 2 is 1.73 bits per heavy atom. The summed E-state index contributed by atoms with van der Waals surface area (Å²) in [7, 11) is -1.57. The van der Waals surface area contributed by atoms with Gasteiger partial charge in [-0.1, -0.05) is 79.8 Å². The molecular weight excluding hydrogens is 390 g/mol. The van der Waals surface area contributed by atoms with Gasteiger partial charge in [0.15, 0.2) is 0 Å². The summed E-state index contributed by atoms with van der Waals surface area (Å²) in [5, 5.41) is 10.9. The van der Waals surface area contributed by atoms with Crippen molar-refractivity contribution in [3.63, 3.8) is 0 Å². The van der Waals surface area contributed by atoms with Crippen molar-refractivity contribution in [2.45, 2.75) is 62.8 Å². The van der Waals surface area contributed by atoms with Crippen molar-refractivity contribution >= 4 is 14.2 Å². The monoisotopic (exact) mass is 423 g/mol. The lowest BCUT2D eigenvalue weighted by Gasteiger charge is -2.33. The second kappa shape index (κ2) is 10.1. The molecule has 0 radical (unpaired) electrons. The standard InChI is InChI=1S/C25H33NO3Si/c1-4-15-30(2,3)19-22-17-24(27)23(16-20-11-7-5-8-12-20)26(22)25(28)29-18-21-13-9-6-10-14-21/h4-14,22-24,27H,1,15-19H2,2-3H3/t22-,23-,24-/m0/s1. The van der Waals surface area contributed by atoms with E-state index in [2.05, 4.69) is 19.7 Å². The summed E-state index contributed by atoms with van der Waals surface area (Å²) in [4.78, 5) is 15.0. The minimum Gasteiger partial charge on any atom is -0.445 e.